The van der Waals surface area contributed by atoms with Gasteiger partial charge in [0.2, 0.25) is 0 Å². The monoisotopic (exact) mass is 194 g/mol. The van der Waals surface area contributed by atoms with E-state index in [1.165, 1.54) is 0 Å². The molecule has 0 bridgehead atoms. The summed E-state index contributed by atoms with van der Waals surface area (Å²) in [5.74, 6) is -0.288. The van der Waals surface area contributed by atoms with Crippen LogP contribution < -0.4 is 0 Å². The second kappa shape index (κ2) is 4.45. The number of hydrogen-bond acceptors (Lipinski definition) is 1. The van der Waals surface area contributed by atoms with E-state index in [4.69, 9.17) is 5.11 Å². The van der Waals surface area contributed by atoms with Gasteiger partial charge in [-0.25, -0.2) is 0 Å². The minimum atomic E-state index is -0.678. The lowest BCUT2D eigenvalue weighted by molar-refractivity contribution is -0.149. The van der Waals surface area contributed by atoms with Crippen LogP contribution in [0.1, 0.15) is 33.1 Å². The van der Waals surface area contributed by atoms with E-state index in [0.717, 1.165) is 12.8 Å². The third-order valence-electron chi connectivity index (χ3n) is 3.08. The minimum absolute atomic E-state index is 0.390. The molecule has 2 nitrogen and oxygen atoms in total. The molecule has 0 heterocycles. The number of allylic oxidation sites excluding steroid dienone is 4. The summed E-state index contributed by atoms with van der Waals surface area (Å²) in [6, 6.07) is 0. The molecule has 0 saturated carbocycles. The molecular formula is C12H18O2. The summed E-state index contributed by atoms with van der Waals surface area (Å²) in [7, 11) is 0. The van der Waals surface area contributed by atoms with Crippen molar-refractivity contribution in [3.63, 3.8) is 0 Å². The van der Waals surface area contributed by atoms with Crippen molar-refractivity contribution in [2.75, 3.05) is 0 Å². The molecule has 14 heavy (non-hydrogen) atoms. The summed E-state index contributed by atoms with van der Waals surface area (Å²) in [5, 5.41) is 9.12. The molecule has 0 fully saturated rings. The predicted molar refractivity (Wildman–Crippen MR) is 57.0 cm³/mol. The van der Waals surface area contributed by atoms with Crippen molar-refractivity contribution in [1.82, 2.24) is 0 Å². The first-order chi connectivity index (χ1) is 6.58. The van der Waals surface area contributed by atoms with Gasteiger partial charge in [0.1, 0.15) is 0 Å². The van der Waals surface area contributed by atoms with Crippen LogP contribution in [0.2, 0.25) is 0 Å². The van der Waals surface area contributed by atoms with Crippen molar-refractivity contribution >= 4 is 5.97 Å². The summed E-state index contributed by atoms with van der Waals surface area (Å²) in [5.41, 5.74) is -0.569. The normalized spacial score (nSPS) is 24.6. The zero-order chi connectivity index (χ0) is 10.6. The van der Waals surface area contributed by atoms with Crippen LogP contribution in [-0.2, 0) is 4.79 Å². The zero-order valence-electron chi connectivity index (χ0n) is 8.86. The summed E-state index contributed by atoms with van der Waals surface area (Å²) < 4.78 is 0. The van der Waals surface area contributed by atoms with E-state index >= 15 is 0 Å². The quantitative estimate of drug-likeness (QED) is 0.747. The molecule has 0 aromatic carbocycles. The van der Waals surface area contributed by atoms with Crippen molar-refractivity contribution < 1.29 is 9.90 Å². The molecule has 0 saturated heterocycles. The van der Waals surface area contributed by atoms with E-state index in [1.54, 1.807) is 0 Å². The lowest BCUT2D eigenvalue weighted by Crippen LogP contribution is -2.29. The van der Waals surface area contributed by atoms with Crippen LogP contribution >= 0.6 is 0 Å². The first-order valence-corrected chi connectivity index (χ1v) is 5.15. The molecule has 0 aliphatic heterocycles. The number of carbonyl (C=O) groups is 1. The highest BCUT2D eigenvalue weighted by Crippen LogP contribution is 2.33. The Balaban J connectivity index is 2.60. The fourth-order valence-corrected chi connectivity index (χ4v) is 1.74. The van der Waals surface area contributed by atoms with Crippen LogP contribution in [0.25, 0.3) is 0 Å². The van der Waals surface area contributed by atoms with Gasteiger partial charge in [0.05, 0.1) is 5.41 Å². The smallest absolute Gasteiger partial charge is 0.309 e. The Hall–Kier alpha value is -1.05. The summed E-state index contributed by atoms with van der Waals surface area (Å²) >= 11 is 0. The molecule has 1 rings (SSSR count). The fourth-order valence-electron chi connectivity index (χ4n) is 1.74. The van der Waals surface area contributed by atoms with Gasteiger partial charge in [0, 0.05) is 0 Å². The number of rotatable bonds is 4. The van der Waals surface area contributed by atoms with E-state index in [-0.39, 0.29) is 0 Å². The molecule has 2 atom stereocenters. The average molecular weight is 194 g/mol. The Morgan fingerprint density at radius 1 is 1.57 bits per heavy atom. The number of carboxylic acids is 1. The number of hydrogen-bond donors (Lipinski definition) is 1. The molecule has 0 spiro atoms. The van der Waals surface area contributed by atoms with Crippen molar-refractivity contribution in [2.45, 2.75) is 33.1 Å². The van der Waals surface area contributed by atoms with E-state index < -0.39 is 11.4 Å². The summed E-state index contributed by atoms with van der Waals surface area (Å²) in [6.45, 7) is 3.78. The maximum atomic E-state index is 11.1. The summed E-state index contributed by atoms with van der Waals surface area (Å²) in [6.07, 6.45) is 10.6. The van der Waals surface area contributed by atoms with Gasteiger partial charge in [-0.1, -0.05) is 31.2 Å². The van der Waals surface area contributed by atoms with Crippen molar-refractivity contribution in [2.24, 2.45) is 11.3 Å². The van der Waals surface area contributed by atoms with Gasteiger partial charge >= 0.3 is 5.97 Å². The Morgan fingerprint density at radius 2 is 2.29 bits per heavy atom. The van der Waals surface area contributed by atoms with Crippen molar-refractivity contribution in [3.8, 4) is 0 Å². The SMILES string of the molecule is CCC(C)(CC1C=CC=CC1)C(=O)O. The molecule has 2 heteroatoms. The molecule has 1 aliphatic rings. The Labute approximate surface area is 85.3 Å². The van der Waals surface area contributed by atoms with Crippen LogP contribution in [0.15, 0.2) is 24.3 Å². The molecule has 78 valence electrons. The Bertz CT molecular complexity index is 265. The first kappa shape index (κ1) is 11.0. The highest BCUT2D eigenvalue weighted by molar-refractivity contribution is 5.74. The molecule has 0 aromatic heterocycles. The molecule has 0 radical (unpaired) electrons. The largest absolute Gasteiger partial charge is 0.481 e. The fraction of sp³-hybridized carbons (Fsp3) is 0.583. The highest BCUT2D eigenvalue weighted by Gasteiger charge is 2.33. The molecule has 0 aromatic rings. The lowest BCUT2D eigenvalue weighted by atomic mass is 9.77. The Kier molecular flexibility index (Phi) is 3.50. The molecule has 0 amide bonds. The van der Waals surface area contributed by atoms with E-state index in [1.807, 2.05) is 26.0 Å². The van der Waals surface area contributed by atoms with Gasteiger partial charge in [-0.2, -0.15) is 0 Å². The van der Waals surface area contributed by atoms with Crippen LogP contribution in [0.5, 0.6) is 0 Å². The Morgan fingerprint density at radius 3 is 2.71 bits per heavy atom. The first-order valence-electron chi connectivity index (χ1n) is 5.15. The van der Waals surface area contributed by atoms with Gasteiger partial charge in [-0.05, 0) is 32.1 Å². The second-order valence-electron chi connectivity index (χ2n) is 4.23. The predicted octanol–water partition coefficient (Wildman–Crippen LogP) is 3.01. The third kappa shape index (κ3) is 2.47. The number of carboxylic acid groups (broad SMARTS) is 1. The van der Waals surface area contributed by atoms with E-state index in [9.17, 15) is 4.79 Å². The topological polar surface area (TPSA) is 37.3 Å². The van der Waals surface area contributed by atoms with Crippen LogP contribution in [-0.4, -0.2) is 11.1 Å². The highest BCUT2D eigenvalue weighted by atomic mass is 16.4. The van der Waals surface area contributed by atoms with Crippen LogP contribution in [0, 0.1) is 11.3 Å². The standard InChI is InChI=1S/C12H18O2/c1-3-12(2,11(13)14)9-10-7-5-4-6-8-10/h4-7,10H,3,8-9H2,1-2H3,(H,13,14). The van der Waals surface area contributed by atoms with Gasteiger partial charge in [-0.3, -0.25) is 4.79 Å². The van der Waals surface area contributed by atoms with E-state index in [2.05, 4.69) is 12.2 Å². The zero-order valence-corrected chi connectivity index (χ0v) is 8.86. The molecule has 1 aliphatic carbocycles. The van der Waals surface area contributed by atoms with Gasteiger partial charge < -0.3 is 5.11 Å². The lowest BCUT2D eigenvalue weighted by Gasteiger charge is -2.27. The molecular weight excluding hydrogens is 176 g/mol. The maximum absolute atomic E-state index is 11.1. The van der Waals surface area contributed by atoms with Gasteiger partial charge in [0.15, 0.2) is 0 Å². The second-order valence-corrected chi connectivity index (χ2v) is 4.23. The van der Waals surface area contributed by atoms with Crippen LogP contribution in [0.4, 0.5) is 0 Å². The van der Waals surface area contributed by atoms with Crippen molar-refractivity contribution in [1.29, 1.82) is 0 Å². The van der Waals surface area contributed by atoms with Gasteiger partial charge in [-0.15, -0.1) is 0 Å². The maximum Gasteiger partial charge on any atom is 0.309 e. The number of aliphatic carboxylic acids is 1. The molecule has 2 unspecified atom stereocenters. The average Bonchev–Trinajstić information content (AvgIpc) is 2.19. The van der Waals surface area contributed by atoms with Crippen LogP contribution in [0.3, 0.4) is 0 Å². The van der Waals surface area contributed by atoms with E-state index in [0.29, 0.717) is 12.3 Å². The minimum Gasteiger partial charge on any atom is -0.481 e. The molecule has 1 N–H and O–H groups in total. The summed E-state index contributed by atoms with van der Waals surface area (Å²) in [4.78, 5) is 11.1. The third-order valence-corrected chi connectivity index (χ3v) is 3.08. The van der Waals surface area contributed by atoms with Gasteiger partial charge in [0.25, 0.3) is 0 Å². The van der Waals surface area contributed by atoms with Crippen molar-refractivity contribution in [3.05, 3.63) is 24.3 Å².